The zero-order valence-electron chi connectivity index (χ0n) is 19.2. The van der Waals surface area contributed by atoms with E-state index in [0.717, 1.165) is 4.90 Å². The van der Waals surface area contributed by atoms with Crippen molar-refractivity contribution in [1.82, 2.24) is 0 Å². The molecule has 5 rings (SSSR count). The van der Waals surface area contributed by atoms with Crippen LogP contribution in [-0.2, 0) is 14.3 Å². The van der Waals surface area contributed by atoms with Gasteiger partial charge in [0, 0.05) is 16.1 Å². The Morgan fingerprint density at radius 3 is 2.06 bits per heavy atom. The Kier molecular flexibility index (Phi) is 6.53. The van der Waals surface area contributed by atoms with Crippen LogP contribution in [0.5, 0.6) is 0 Å². The van der Waals surface area contributed by atoms with Gasteiger partial charge in [-0.2, -0.15) is 0 Å². The van der Waals surface area contributed by atoms with E-state index >= 15 is 0 Å². The number of amides is 2. The van der Waals surface area contributed by atoms with E-state index in [1.54, 1.807) is 66.7 Å². The molecular weight excluding hydrogens is 478 g/mol. The summed E-state index contributed by atoms with van der Waals surface area (Å²) in [4.78, 5) is 53.6. The maximum atomic E-state index is 13.3. The third-order valence-electron chi connectivity index (χ3n) is 6.54. The molecule has 0 N–H and O–H groups in total. The number of nitrogens with zero attached hydrogens (tertiary/aromatic N) is 1. The Bertz CT molecular complexity index is 1340. The molecule has 3 aromatic carbocycles. The minimum atomic E-state index is -1.20. The van der Waals surface area contributed by atoms with E-state index in [1.807, 2.05) is 12.2 Å². The van der Waals surface area contributed by atoms with Gasteiger partial charge in [-0.1, -0.05) is 72.3 Å². The SMILES string of the molecule is O=C(O[C@@H](C(=O)c1ccccc1)c1ccc(Cl)cc1)c1cccc(N2C(=O)[C@H]3CC=CC[C@H]3C2=O)c1. The number of ether oxygens (including phenoxy) is 1. The molecule has 7 heteroatoms. The summed E-state index contributed by atoms with van der Waals surface area (Å²) in [7, 11) is 0. The lowest BCUT2D eigenvalue weighted by Gasteiger charge is -2.19. The summed E-state index contributed by atoms with van der Waals surface area (Å²) in [6, 6.07) is 21.2. The molecule has 1 heterocycles. The lowest BCUT2D eigenvalue weighted by molar-refractivity contribution is -0.122. The minimum Gasteiger partial charge on any atom is -0.445 e. The fourth-order valence-corrected chi connectivity index (χ4v) is 4.79. The first-order valence-electron chi connectivity index (χ1n) is 11.6. The van der Waals surface area contributed by atoms with Crippen molar-refractivity contribution in [2.75, 3.05) is 4.90 Å². The number of rotatable bonds is 6. The minimum absolute atomic E-state index is 0.126. The maximum Gasteiger partial charge on any atom is 0.339 e. The van der Waals surface area contributed by atoms with Crippen LogP contribution in [0.3, 0.4) is 0 Å². The number of halogens is 1. The second kappa shape index (κ2) is 9.91. The number of esters is 1. The van der Waals surface area contributed by atoms with Crippen LogP contribution in [0.4, 0.5) is 5.69 Å². The normalized spacial score (nSPS) is 19.6. The number of allylic oxidation sites excluding steroid dienone is 2. The highest BCUT2D eigenvalue weighted by Crippen LogP contribution is 2.38. The largest absolute Gasteiger partial charge is 0.445 e. The predicted octanol–water partition coefficient (Wildman–Crippen LogP) is 5.58. The van der Waals surface area contributed by atoms with Crippen molar-refractivity contribution in [3.63, 3.8) is 0 Å². The van der Waals surface area contributed by atoms with E-state index in [9.17, 15) is 19.2 Å². The summed E-state index contributed by atoms with van der Waals surface area (Å²) in [5, 5.41) is 0.486. The van der Waals surface area contributed by atoms with Crippen LogP contribution >= 0.6 is 11.6 Å². The summed E-state index contributed by atoms with van der Waals surface area (Å²) in [5.74, 6) is -2.42. The monoisotopic (exact) mass is 499 g/mol. The second-order valence-electron chi connectivity index (χ2n) is 8.79. The number of fused-ring (bicyclic) bond motifs is 1. The van der Waals surface area contributed by atoms with Crippen LogP contribution in [-0.4, -0.2) is 23.6 Å². The molecule has 2 amide bonds. The van der Waals surface area contributed by atoms with Gasteiger partial charge in [-0.25, -0.2) is 4.79 Å². The fraction of sp³-hybridized carbons (Fsp3) is 0.172. The van der Waals surface area contributed by atoms with Gasteiger partial charge in [-0.05, 0) is 43.2 Å². The fourth-order valence-electron chi connectivity index (χ4n) is 4.67. The number of carbonyl (C=O) groups excluding carboxylic acids is 4. The van der Waals surface area contributed by atoms with Gasteiger partial charge < -0.3 is 4.74 Å². The van der Waals surface area contributed by atoms with Crippen LogP contribution in [0.25, 0.3) is 0 Å². The van der Waals surface area contributed by atoms with E-state index in [2.05, 4.69) is 0 Å². The number of hydrogen-bond acceptors (Lipinski definition) is 5. The average Bonchev–Trinajstić information content (AvgIpc) is 3.17. The molecule has 1 saturated heterocycles. The molecule has 3 atom stereocenters. The number of benzene rings is 3. The summed E-state index contributed by atoms with van der Waals surface area (Å²) in [5.41, 5.74) is 1.30. The summed E-state index contributed by atoms with van der Waals surface area (Å²) in [6.45, 7) is 0. The average molecular weight is 500 g/mol. The standard InChI is InChI=1S/C29H22ClNO5/c30-21-15-13-19(14-16-21)26(25(32)18-7-2-1-3-8-18)36-29(35)20-9-6-10-22(17-20)31-27(33)23-11-4-5-12-24(23)28(31)34/h1-10,13-17,23-24,26H,11-12H2/t23-,24+,26-/m1/s1. The Labute approximate surface area is 213 Å². The van der Waals surface area contributed by atoms with Gasteiger partial charge in [0.05, 0.1) is 23.1 Å². The second-order valence-corrected chi connectivity index (χ2v) is 9.22. The predicted molar refractivity (Wildman–Crippen MR) is 135 cm³/mol. The van der Waals surface area contributed by atoms with Crippen LogP contribution in [0.15, 0.2) is 91.0 Å². The van der Waals surface area contributed by atoms with Crippen molar-refractivity contribution in [3.8, 4) is 0 Å². The van der Waals surface area contributed by atoms with Gasteiger partial charge in [0.15, 0.2) is 6.10 Å². The Morgan fingerprint density at radius 2 is 1.42 bits per heavy atom. The third kappa shape index (κ3) is 4.48. The molecule has 6 nitrogen and oxygen atoms in total. The zero-order valence-corrected chi connectivity index (χ0v) is 19.9. The number of imide groups is 1. The van der Waals surface area contributed by atoms with Crippen LogP contribution in [0, 0.1) is 11.8 Å². The van der Waals surface area contributed by atoms with Gasteiger partial charge in [-0.3, -0.25) is 19.3 Å². The Balaban J connectivity index is 1.42. The van der Waals surface area contributed by atoms with Crippen molar-refractivity contribution in [3.05, 3.63) is 113 Å². The molecule has 0 aromatic heterocycles. The molecular formula is C29H22ClNO5. The van der Waals surface area contributed by atoms with Crippen molar-refractivity contribution in [2.24, 2.45) is 11.8 Å². The molecule has 1 aliphatic heterocycles. The molecule has 0 saturated carbocycles. The summed E-state index contributed by atoms with van der Waals surface area (Å²) in [6.07, 6.45) is 3.69. The lowest BCUT2D eigenvalue weighted by atomic mass is 9.85. The number of anilines is 1. The number of ketones is 1. The number of Topliss-reactive ketones (excluding diaryl/α,β-unsaturated/α-hetero) is 1. The third-order valence-corrected chi connectivity index (χ3v) is 6.79. The van der Waals surface area contributed by atoms with Crippen LogP contribution in [0.2, 0.25) is 5.02 Å². The molecule has 36 heavy (non-hydrogen) atoms. The van der Waals surface area contributed by atoms with Gasteiger partial charge in [0.2, 0.25) is 17.6 Å². The molecule has 180 valence electrons. The number of hydrogen-bond donors (Lipinski definition) is 0. The van der Waals surface area contributed by atoms with E-state index in [-0.39, 0.29) is 35.0 Å². The molecule has 2 aliphatic rings. The molecule has 0 unspecified atom stereocenters. The van der Waals surface area contributed by atoms with E-state index in [1.165, 1.54) is 12.1 Å². The van der Waals surface area contributed by atoms with E-state index in [4.69, 9.17) is 16.3 Å². The van der Waals surface area contributed by atoms with Gasteiger partial charge in [0.1, 0.15) is 0 Å². The molecule has 0 radical (unpaired) electrons. The molecule has 3 aromatic rings. The highest BCUT2D eigenvalue weighted by atomic mass is 35.5. The first kappa shape index (κ1) is 23.7. The Morgan fingerprint density at radius 1 is 0.806 bits per heavy atom. The van der Waals surface area contributed by atoms with Crippen molar-refractivity contribution >= 4 is 40.9 Å². The van der Waals surface area contributed by atoms with Crippen molar-refractivity contribution < 1.29 is 23.9 Å². The quantitative estimate of drug-likeness (QED) is 0.191. The first-order chi connectivity index (χ1) is 17.4. The van der Waals surface area contributed by atoms with Gasteiger partial charge >= 0.3 is 5.97 Å². The van der Waals surface area contributed by atoms with Crippen LogP contribution in [0.1, 0.15) is 45.2 Å². The highest BCUT2D eigenvalue weighted by Gasteiger charge is 2.47. The maximum absolute atomic E-state index is 13.3. The van der Waals surface area contributed by atoms with Crippen molar-refractivity contribution in [1.29, 1.82) is 0 Å². The zero-order chi connectivity index (χ0) is 25.2. The first-order valence-corrected chi connectivity index (χ1v) is 12.0. The molecule has 1 aliphatic carbocycles. The number of carbonyl (C=O) groups is 4. The highest BCUT2D eigenvalue weighted by molar-refractivity contribution is 6.30. The molecule has 0 bridgehead atoms. The van der Waals surface area contributed by atoms with Gasteiger partial charge in [0.25, 0.3) is 0 Å². The Hall–Kier alpha value is -4.03. The topological polar surface area (TPSA) is 80.8 Å². The van der Waals surface area contributed by atoms with Crippen molar-refractivity contribution in [2.45, 2.75) is 18.9 Å². The lowest BCUT2D eigenvalue weighted by Crippen LogP contribution is -2.31. The van der Waals surface area contributed by atoms with Crippen LogP contribution < -0.4 is 4.90 Å². The van der Waals surface area contributed by atoms with E-state index < -0.39 is 12.1 Å². The summed E-state index contributed by atoms with van der Waals surface area (Å²) >= 11 is 6.01. The smallest absolute Gasteiger partial charge is 0.339 e. The summed E-state index contributed by atoms with van der Waals surface area (Å²) < 4.78 is 5.71. The van der Waals surface area contributed by atoms with Gasteiger partial charge in [-0.15, -0.1) is 0 Å². The van der Waals surface area contributed by atoms with E-state index in [0.29, 0.717) is 34.7 Å². The molecule has 0 spiro atoms. The molecule has 1 fully saturated rings.